The molecular weight excluding hydrogens is 276 g/mol. The smallest absolute Gasteiger partial charge is 0.0369 e. The van der Waals surface area contributed by atoms with Crippen LogP contribution < -0.4 is 10.2 Å². The molecule has 1 aromatic carbocycles. The van der Waals surface area contributed by atoms with Crippen LogP contribution in [-0.2, 0) is 6.54 Å². The van der Waals surface area contributed by atoms with Gasteiger partial charge in [0.15, 0.2) is 0 Å². The van der Waals surface area contributed by atoms with Crippen LogP contribution in [0.25, 0.3) is 0 Å². The zero-order valence-corrected chi connectivity index (χ0v) is 15.0. The molecule has 0 amide bonds. The molecule has 0 atom stereocenters. The summed E-state index contributed by atoms with van der Waals surface area (Å²) < 4.78 is 0.365. The van der Waals surface area contributed by atoms with Gasteiger partial charge in [-0.3, -0.25) is 0 Å². The maximum atomic E-state index is 3.54. The fourth-order valence-corrected chi connectivity index (χ4v) is 3.92. The van der Waals surface area contributed by atoms with Gasteiger partial charge in [-0.05, 0) is 56.5 Å². The average molecular weight is 307 g/mol. The number of rotatable bonds is 5. The van der Waals surface area contributed by atoms with Crippen molar-refractivity contribution in [1.29, 1.82) is 0 Å². The van der Waals surface area contributed by atoms with Crippen molar-refractivity contribution in [2.75, 3.05) is 30.3 Å². The van der Waals surface area contributed by atoms with Gasteiger partial charge in [-0.15, -0.1) is 0 Å². The summed E-state index contributed by atoms with van der Waals surface area (Å²) in [7, 11) is 0. The first-order chi connectivity index (χ1) is 9.87. The topological polar surface area (TPSA) is 15.3 Å². The molecule has 0 aliphatic carbocycles. The standard InChI is InChI=1S/C18H30N2S/c1-14(2)11-19-12-16-6-7-17(10-15(16)3)20-8-9-21-18(4,5)13-20/h6-7,10,14,19H,8-9,11-13H2,1-5H3. The van der Waals surface area contributed by atoms with Crippen molar-refractivity contribution in [2.24, 2.45) is 5.92 Å². The fraction of sp³-hybridized carbons (Fsp3) is 0.667. The van der Waals surface area contributed by atoms with Gasteiger partial charge in [0.1, 0.15) is 0 Å². The molecule has 0 aromatic heterocycles. The van der Waals surface area contributed by atoms with Crippen molar-refractivity contribution < 1.29 is 0 Å². The summed E-state index contributed by atoms with van der Waals surface area (Å²) in [5.41, 5.74) is 4.21. The maximum absolute atomic E-state index is 3.54. The number of hydrogen-bond acceptors (Lipinski definition) is 3. The second-order valence-corrected chi connectivity index (χ2v) is 8.97. The van der Waals surface area contributed by atoms with E-state index in [1.165, 1.54) is 29.1 Å². The number of nitrogens with zero attached hydrogens (tertiary/aromatic N) is 1. The van der Waals surface area contributed by atoms with E-state index in [0.29, 0.717) is 10.7 Å². The van der Waals surface area contributed by atoms with Gasteiger partial charge in [-0.25, -0.2) is 0 Å². The molecule has 0 saturated carbocycles. The van der Waals surface area contributed by atoms with Crippen LogP contribution in [0.3, 0.4) is 0 Å². The Morgan fingerprint density at radius 2 is 2.10 bits per heavy atom. The van der Waals surface area contributed by atoms with Crippen LogP contribution in [-0.4, -0.2) is 30.1 Å². The highest BCUT2D eigenvalue weighted by molar-refractivity contribution is 8.00. The molecular formula is C18H30N2S. The summed E-state index contributed by atoms with van der Waals surface area (Å²) >= 11 is 2.09. The predicted molar refractivity (Wildman–Crippen MR) is 96.5 cm³/mol. The zero-order chi connectivity index (χ0) is 15.5. The summed E-state index contributed by atoms with van der Waals surface area (Å²) in [6.45, 7) is 15.8. The molecule has 1 aliphatic heterocycles. The Kier molecular flexibility index (Phi) is 5.61. The lowest BCUT2D eigenvalue weighted by Gasteiger charge is -2.39. The van der Waals surface area contributed by atoms with Crippen molar-refractivity contribution >= 4 is 17.4 Å². The van der Waals surface area contributed by atoms with Crippen LogP contribution in [0, 0.1) is 12.8 Å². The summed E-state index contributed by atoms with van der Waals surface area (Å²) in [5, 5.41) is 3.54. The van der Waals surface area contributed by atoms with E-state index >= 15 is 0 Å². The third-order valence-electron chi connectivity index (χ3n) is 3.99. The van der Waals surface area contributed by atoms with Gasteiger partial charge in [0.25, 0.3) is 0 Å². The summed E-state index contributed by atoms with van der Waals surface area (Å²) in [6.07, 6.45) is 0. The molecule has 1 N–H and O–H groups in total. The normalized spacial score (nSPS) is 18.3. The zero-order valence-electron chi connectivity index (χ0n) is 14.2. The second kappa shape index (κ2) is 7.06. The average Bonchev–Trinajstić information content (AvgIpc) is 2.39. The van der Waals surface area contributed by atoms with Gasteiger partial charge in [-0.1, -0.05) is 19.9 Å². The largest absolute Gasteiger partial charge is 0.369 e. The third kappa shape index (κ3) is 4.93. The lowest BCUT2D eigenvalue weighted by molar-refractivity contribution is 0.551. The molecule has 0 bridgehead atoms. The summed E-state index contributed by atoms with van der Waals surface area (Å²) in [6, 6.07) is 6.96. The lowest BCUT2D eigenvalue weighted by atomic mass is 10.1. The van der Waals surface area contributed by atoms with Crippen LogP contribution >= 0.6 is 11.8 Å². The Labute approximate surface area is 134 Å². The molecule has 1 aliphatic rings. The highest BCUT2D eigenvalue weighted by Crippen LogP contribution is 2.32. The minimum absolute atomic E-state index is 0.365. The number of benzene rings is 1. The summed E-state index contributed by atoms with van der Waals surface area (Å²) in [5.74, 6) is 1.93. The minimum Gasteiger partial charge on any atom is -0.369 e. The maximum Gasteiger partial charge on any atom is 0.0369 e. The number of thioether (sulfide) groups is 1. The molecule has 0 radical (unpaired) electrons. The number of aryl methyl sites for hydroxylation is 1. The molecule has 118 valence electrons. The van der Waals surface area contributed by atoms with E-state index in [2.05, 4.69) is 74.8 Å². The van der Waals surface area contributed by atoms with Gasteiger partial charge in [0, 0.05) is 35.8 Å². The van der Waals surface area contributed by atoms with Crippen LogP contribution in [0.4, 0.5) is 5.69 Å². The Bertz CT molecular complexity index is 468. The van der Waals surface area contributed by atoms with Crippen molar-refractivity contribution in [2.45, 2.75) is 45.9 Å². The Hall–Kier alpha value is -0.670. The SMILES string of the molecule is Cc1cc(N2CCSC(C)(C)C2)ccc1CNCC(C)C. The number of nitrogens with one attached hydrogen (secondary N) is 1. The van der Waals surface area contributed by atoms with E-state index in [-0.39, 0.29) is 0 Å². The molecule has 2 rings (SSSR count). The second-order valence-electron chi connectivity index (χ2n) is 7.17. The molecule has 21 heavy (non-hydrogen) atoms. The predicted octanol–water partition coefficient (Wildman–Crippen LogP) is 4.07. The van der Waals surface area contributed by atoms with Gasteiger partial charge in [0.05, 0.1) is 0 Å². The highest BCUT2D eigenvalue weighted by Gasteiger charge is 2.27. The molecule has 1 aromatic rings. The summed E-state index contributed by atoms with van der Waals surface area (Å²) in [4.78, 5) is 2.54. The van der Waals surface area contributed by atoms with Gasteiger partial charge in [-0.2, -0.15) is 11.8 Å². The Morgan fingerprint density at radius 1 is 1.33 bits per heavy atom. The highest BCUT2D eigenvalue weighted by atomic mass is 32.2. The van der Waals surface area contributed by atoms with Crippen molar-refractivity contribution in [3.05, 3.63) is 29.3 Å². The third-order valence-corrected chi connectivity index (χ3v) is 5.28. The van der Waals surface area contributed by atoms with Gasteiger partial charge < -0.3 is 10.2 Å². The first-order valence-electron chi connectivity index (χ1n) is 8.06. The van der Waals surface area contributed by atoms with E-state index in [1.807, 2.05) is 0 Å². The van der Waals surface area contributed by atoms with Crippen LogP contribution in [0.5, 0.6) is 0 Å². The molecule has 0 unspecified atom stereocenters. The van der Waals surface area contributed by atoms with Crippen molar-refractivity contribution in [3.63, 3.8) is 0 Å². The van der Waals surface area contributed by atoms with E-state index < -0.39 is 0 Å². The Morgan fingerprint density at radius 3 is 2.71 bits per heavy atom. The number of anilines is 1. The quantitative estimate of drug-likeness (QED) is 0.882. The van der Waals surface area contributed by atoms with Gasteiger partial charge >= 0.3 is 0 Å². The van der Waals surface area contributed by atoms with Crippen molar-refractivity contribution in [3.8, 4) is 0 Å². The molecule has 1 heterocycles. The van der Waals surface area contributed by atoms with Crippen LogP contribution in [0.1, 0.15) is 38.8 Å². The molecule has 1 saturated heterocycles. The number of hydrogen-bond donors (Lipinski definition) is 1. The fourth-order valence-electron chi connectivity index (χ4n) is 2.81. The van der Waals surface area contributed by atoms with Crippen LogP contribution in [0.15, 0.2) is 18.2 Å². The molecule has 0 spiro atoms. The van der Waals surface area contributed by atoms with Crippen molar-refractivity contribution in [1.82, 2.24) is 5.32 Å². The first kappa shape index (κ1) is 16.7. The lowest BCUT2D eigenvalue weighted by Crippen LogP contribution is -2.43. The monoisotopic (exact) mass is 306 g/mol. The van der Waals surface area contributed by atoms with E-state index in [0.717, 1.165) is 19.6 Å². The van der Waals surface area contributed by atoms with E-state index in [9.17, 15) is 0 Å². The van der Waals surface area contributed by atoms with Gasteiger partial charge in [0.2, 0.25) is 0 Å². The first-order valence-corrected chi connectivity index (χ1v) is 9.05. The molecule has 1 fully saturated rings. The van der Waals surface area contributed by atoms with Crippen LogP contribution in [0.2, 0.25) is 0 Å². The molecule has 3 heteroatoms. The Balaban J connectivity index is 2.01. The minimum atomic E-state index is 0.365. The molecule has 2 nitrogen and oxygen atoms in total. The van der Waals surface area contributed by atoms with E-state index in [4.69, 9.17) is 0 Å². The van der Waals surface area contributed by atoms with E-state index in [1.54, 1.807) is 0 Å².